The van der Waals surface area contributed by atoms with Gasteiger partial charge in [0, 0.05) is 19.3 Å². The molecule has 1 unspecified atom stereocenters. The van der Waals surface area contributed by atoms with Gasteiger partial charge < -0.3 is 5.11 Å². The van der Waals surface area contributed by atoms with Crippen LogP contribution in [0.4, 0.5) is 0 Å². The molecule has 6 nitrogen and oxygen atoms in total. The molecule has 1 aliphatic rings. The lowest BCUT2D eigenvalue weighted by molar-refractivity contribution is 0.0465. The number of nitrogens with zero attached hydrogens (tertiary/aromatic N) is 1. The van der Waals surface area contributed by atoms with E-state index in [2.05, 4.69) is 0 Å². The molecular formula is C9H19NO5S2. The van der Waals surface area contributed by atoms with Crippen LogP contribution in [-0.2, 0) is 19.9 Å². The highest BCUT2D eigenvalue weighted by atomic mass is 32.3. The van der Waals surface area contributed by atoms with Crippen molar-refractivity contribution in [3.8, 4) is 0 Å². The monoisotopic (exact) mass is 285 g/mol. The van der Waals surface area contributed by atoms with Crippen molar-refractivity contribution in [1.29, 1.82) is 0 Å². The maximum atomic E-state index is 11.8. The normalized spacial score (nSPS) is 28.9. The van der Waals surface area contributed by atoms with Crippen LogP contribution in [0.2, 0.25) is 0 Å². The number of hydrogen-bond donors (Lipinski definition) is 1. The fourth-order valence-corrected chi connectivity index (χ4v) is 5.40. The predicted octanol–water partition coefficient (Wildman–Crippen LogP) is -0.445. The molecule has 0 aliphatic carbocycles. The number of hydrogen-bond acceptors (Lipinski definition) is 5. The molecule has 0 amide bonds. The third-order valence-corrected chi connectivity index (χ3v) is 6.84. The zero-order valence-electron chi connectivity index (χ0n) is 10.1. The van der Waals surface area contributed by atoms with Gasteiger partial charge in [-0.15, -0.1) is 0 Å². The maximum absolute atomic E-state index is 11.8. The Balaban J connectivity index is 2.80. The van der Waals surface area contributed by atoms with Gasteiger partial charge in [0.2, 0.25) is 10.0 Å². The van der Waals surface area contributed by atoms with Crippen LogP contribution in [0.3, 0.4) is 0 Å². The lowest BCUT2D eigenvalue weighted by atomic mass is 9.98. The van der Waals surface area contributed by atoms with E-state index in [1.54, 1.807) is 6.92 Å². The van der Waals surface area contributed by atoms with Gasteiger partial charge in [-0.1, -0.05) is 0 Å². The molecule has 0 aromatic rings. The third-order valence-electron chi connectivity index (χ3n) is 2.78. The third kappa shape index (κ3) is 4.90. The van der Waals surface area contributed by atoms with Crippen molar-refractivity contribution in [2.75, 3.05) is 24.4 Å². The van der Waals surface area contributed by atoms with Gasteiger partial charge in [-0.3, -0.25) is 0 Å². The molecule has 17 heavy (non-hydrogen) atoms. The molecule has 1 saturated heterocycles. The zero-order valence-corrected chi connectivity index (χ0v) is 11.7. The molecule has 1 heterocycles. The van der Waals surface area contributed by atoms with Crippen LogP contribution in [0.25, 0.3) is 0 Å². The van der Waals surface area contributed by atoms with Crippen molar-refractivity contribution in [3.05, 3.63) is 0 Å². The molecular weight excluding hydrogens is 266 g/mol. The molecule has 0 radical (unpaired) electrons. The van der Waals surface area contributed by atoms with Crippen molar-refractivity contribution >= 4 is 19.9 Å². The SMILES string of the molecule is CC1(O)CCCN(S(=O)(=O)CS(C)(=O)=O)CC1. The standard InChI is InChI=1S/C9H19NO5S2/c1-9(11)4-3-6-10(7-5-9)17(14,15)8-16(2,12)13/h11H,3-8H2,1-2H3. The second kappa shape index (κ2) is 4.83. The van der Waals surface area contributed by atoms with Crippen LogP contribution in [-0.4, -0.2) is 56.3 Å². The lowest BCUT2D eigenvalue weighted by Gasteiger charge is -2.21. The lowest BCUT2D eigenvalue weighted by Crippen LogP contribution is -2.36. The van der Waals surface area contributed by atoms with Gasteiger partial charge >= 0.3 is 0 Å². The highest BCUT2D eigenvalue weighted by Crippen LogP contribution is 2.23. The summed E-state index contributed by atoms with van der Waals surface area (Å²) in [7, 11) is -7.34. The average molecular weight is 285 g/mol. The Bertz CT molecular complexity index is 466. The van der Waals surface area contributed by atoms with E-state index in [4.69, 9.17) is 0 Å². The van der Waals surface area contributed by atoms with E-state index in [1.165, 1.54) is 0 Å². The van der Waals surface area contributed by atoms with Crippen molar-refractivity contribution in [1.82, 2.24) is 4.31 Å². The Hall–Kier alpha value is -0.180. The Morgan fingerprint density at radius 2 is 1.76 bits per heavy atom. The summed E-state index contributed by atoms with van der Waals surface area (Å²) in [4.78, 5) is 0. The van der Waals surface area contributed by atoms with Gasteiger partial charge in [0.1, 0.15) is 0 Å². The molecule has 102 valence electrons. The van der Waals surface area contributed by atoms with Crippen LogP contribution in [0.15, 0.2) is 0 Å². The van der Waals surface area contributed by atoms with Gasteiger partial charge in [0.25, 0.3) is 0 Å². The first kappa shape index (κ1) is 14.9. The minimum absolute atomic E-state index is 0.171. The first-order valence-electron chi connectivity index (χ1n) is 5.40. The van der Waals surface area contributed by atoms with Crippen LogP contribution in [0.1, 0.15) is 26.2 Å². The Morgan fingerprint density at radius 3 is 2.29 bits per heavy atom. The average Bonchev–Trinajstić information content (AvgIpc) is 2.21. The van der Waals surface area contributed by atoms with Crippen LogP contribution >= 0.6 is 0 Å². The highest BCUT2D eigenvalue weighted by Gasteiger charge is 2.32. The molecule has 0 bridgehead atoms. The predicted molar refractivity (Wildman–Crippen MR) is 64.7 cm³/mol. The molecule has 1 atom stereocenters. The number of rotatable bonds is 3. The minimum Gasteiger partial charge on any atom is -0.390 e. The van der Waals surface area contributed by atoms with E-state index in [9.17, 15) is 21.9 Å². The van der Waals surface area contributed by atoms with Crippen LogP contribution in [0.5, 0.6) is 0 Å². The molecule has 1 rings (SSSR count). The molecule has 1 aliphatic heterocycles. The van der Waals surface area contributed by atoms with E-state index in [1.807, 2.05) is 0 Å². The van der Waals surface area contributed by atoms with Gasteiger partial charge in [0.05, 0.1) is 5.60 Å². The fraction of sp³-hybridized carbons (Fsp3) is 1.00. The molecule has 0 aromatic carbocycles. The summed E-state index contributed by atoms with van der Waals surface area (Å²) in [6.45, 7) is 2.11. The van der Waals surface area contributed by atoms with E-state index < -0.39 is 30.5 Å². The van der Waals surface area contributed by atoms with Crippen LogP contribution in [0, 0.1) is 0 Å². The quantitative estimate of drug-likeness (QED) is 0.758. The first-order chi connectivity index (χ1) is 7.52. The number of sulfone groups is 1. The summed E-state index contributed by atoms with van der Waals surface area (Å²) in [5.41, 5.74) is -0.866. The molecule has 1 N–H and O–H groups in total. The van der Waals surface area contributed by atoms with Gasteiger partial charge in [-0.2, -0.15) is 0 Å². The summed E-state index contributed by atoms with van der Waals surface area (Å²) in [6, 6.07) is 0. The molecule has 0 aromatic heterocycles. The van der Waals surface area contributed by atoms with E-state index in [0.29, 0.717) is 19.3 Å². The number of aliphatic hydroxyl groups is 1. The summed E-state index contributed by atoms with van der Waals surface area (Å²) in [5.74, 6) is 0. The summed E-state index contributed by atoms with van der Waals surface area (Å²) < 4.78 is 46.9. The molecule has 8 heteroatoms. The zero-order chi connectivity index (χ0) is 13.3. The molecule has 0 spiro atoms. The molecule has 1 fully saturated rings. The second-order valence-corrected chi connectivity index (χ2v) is 9.38. The Labute approximate surface area is 103 Å². The van der Waals surface area contributed by atoms with Gasteiger partial charge in [-0.05, 0) is 26.2 Å². The molecule has 0 saturated carbocycles. The first-order valence-corrected chi connectivity index (χ1v) is 9.07. The summed E-state index contributed by atoms with van der Waals surface area (Å²) in [5, 5.41) is 8.97. The Morgan fingerprint density at radius 1 is 1.18 bits per heavy atom. The highest BCUT2D eigenvalue weighted by molar-refractivity contribution is 8.06. The largest absolute Gasteiger partial charge is 0.390 e. The van der Waals surface area contributed by atoms with Crippen molar-refractivity contribution in [2.45, 2.75) is 31.8 Å². The Kier molecular flexibility index (Phi) is 4.23. The van der Waals surface area contributed by atoms with Crippen molar-refractivity contribution < 1.29 is 21.9 Å². The van der Waals surface area contributed by atoms with Crippen LogP contribution < -0.4 is 0 Å². The van der Waals surface area contributed by atoms with Gasteiger partial charge in [-0.25, -0.2) is 21.1 Å². The van der Waals surface area contributed by atoms with Crippen molar-refractivity contribution in [2.24, 2.45) is 0 Å². The maximum Gasteiger partial charge on any atom is 0.228 e. The smallest absolute Gasteiger partial charge is 0.228 e. The van der Waals surface area contributed by atoms with E-state index >= 15 is 0 Å². The minimum atomic E-state index is -3.78. The fourth-order valence-electron chi connectivity index (χ4n) is 1.86. The topological polar surface area (TPSA) is 91.8 Å². The summed E-state index contributed by atoms with van der Waals surface area (Å²) in [6.07, 6.45) is 2.29. The van der Waals surface area contributed by atoms with Gasteiger partial charge in [0.15, 0.2) is 14.9 Å². The second-order valence-electron chi connectivity index (χ2n) is 4.91. The van der Waals surface area contributed by atoms with E-state index in [-0.39, 0.29) is 13.1 Å². The summed E-state index contributed by atoms with van der Waals surface area (Å²) >= 11 is 0. The number of sulfonamides is 1. The van der Waals surface area contributed by atoms with E-state index in [0.717, 1.165) is 10.6 Å². The van der Waals surface area contributed by atoms with Crippen molar-refractivity contribution in [3.63, 3.8) is 0 Å².